The maximum atomic E-state index is 13.2. The van der Waals surface area contributed by atoms with Crippen LogP contribution in [-0.4, -0.2) is 23.1 Å². The summed E-state index contributed by atoms with van der Waals surface area (Å²) in [6.07, 6.45) is 1.07. The van der Waals surface area contributed by atoms with Gasteiger partial charge < -0.3 is 0 Å². The number of hydrogen-bond donors (Lipinski definition) is 1. The smallest absolute Gasteiger partial charge is 0.224 e. The largest absolute Gasteiger partial charge is 0.241 e. The third kappa shape index (κ3) is 4.16. The van der Waals surface area contributed by atoms with Gasteiger partial charge in [-0.1, -0.05) is 12.1 Å². The van der Waals surface area contributed by atoms with Crippen molar-refractivity contribution < 1.29 is 25.6 Å². The predicted octanol–water partition coefficient (Wildman–Crippen LogP) is 2.41. The summed E-state index contributed by atoms with van der Waals surface area (Å²) in [7, 11) is -7.41. The van der Waals surface area contributed by atoms with E-state index in [4.69, 9.17) is 0 Å². The molecule has 0 spiro atoms. The number of sulfonamides is 1. The Kier molecular flexibility index (Phi) is 5.07. The van der Waals surface area contributed by atoms with Crippen LogP contribution in [0.4, 0.5) is 8.78 Å². The van der Waals surface area contributed by atoms with Gasteiger partial charge in [-0.15, -0.1) is 0 Å². The molecule has 0 heterocycles. The first-order chi connectivity index (χ1) is 11.0. The Balaban J connectivity index is 2.24. The van der Waals surface area contributed by atoms with Crippen molar-refractivity contribution in [1.29, 1.82) is 0 Å². The Bertz CT molecular complexity index is 955. The molecular formula is C15H15F2NO4S2. The second kappa shape index (κ2) is 6.58. The highest BCUT2D eigenvalue weighted by Gasteiger charge is 2.20. The van der Waals surface area contributed by atoms with E-state index in [-0.39, 0.29) is 4.90 Å². The van der Waals surface area contributed by atoms with Gasteiger partial charge in [0.1, 0.15) is 0 Å². The van der Waals surface area contributed by atoms with Crippen molar-refractivity contribution in [2.24, 2.45) is 0 Å². The molecule has 130 valence electrons. The van der Waals surface area contributed by atoms with Gasteiger partial charge in [0, 0.05) is 12.3 Å². The molecule has 24 heavy (non-hydrogen) atoms. The van der Waals surface area contributed by atoms with Crippen LogP contribution in [0.5, 0.6) is 0 Å². The summed E-state index contributed by atoms with van der Waals surface area (Å²) >= 11 is 0. The number of hydrogen-bond acceptors (Lipinski definition) is 4. The first-order valence-corrected chi connectivity index (χ1v) is 10.2. The van der Waals surface area contributed by atoms with E-state index in [0.29, 0.717) is 11.6 Å². The summed E-state index contributed by atoms with van der Waals surface area (Å²) in [5, 5.41) is 0. The van der Waals surface area contributed by atoms with Crippen LogP contribution in [0.2, 0.25) is 0 Å². The fourth-order valence-electron chi connectivity index (χ4n) is 2.02. The van der Waals surface area contributed by atoms with Crippen LogP contribution < -0.4 is 4.72 Å². The molecule has 0 aliphatic rings. The molecule has 2 aromatic rings. The van der Waals surface area contributed by atoms with Gasteiger partial charge in [-0.2, -0.15) is 0 Å². The van der Waals surface area contributed by atoms with E-state index >= 15 is 0 Å². The molecular weight excluding hydrogens is 360 g/mol. The number of rotatable bonds is 5. The fourth-order valence-corrected chi connectivity index (χ4v) is 3.89. The van der Waals surface area contributed by atoms with Gasteiger partial charge in [0.05, 0.1) is 9.79 Å². The van der Waals surface area contributed by atoms with Crippen LogP contribution in [0.15, 0.2) is 52.3 Å². The summed E-state index contributed by atoms with van der Waals surface area (Å²) in [4.78, 5) is -0.289. The third-order valence-corrected chi connectivity index (χ3v) is 6.01. The molecule has 2 aromatic carbocycles. The SMILES string of the molecule is C[C@H](NS(=O)(=O)c1ccc(F)c(F)c1)c1ccc(S(C)(=O)=O)cc1. The Morgan fingerprint density at radius 3 is 1.92 bits per heavy atom. The van der Waals surface area contributed by atoms with Crippen molar-refractivity contribution in [3.63, 3.8) is 0 Å². The molecule has 1 atom stereocenters. The molecule has 2 rings (SSSR count). The highest BCUT2D eigenvalue weighted by Crippen LogP contribution is 2.20. The summed E-state index contributed by atoms with van der Waals surface area (Å²) in [6, 6.07) is 7.29. The molecule has 5 nitrogen and oxygen atoms in total. The lowest BCUT2D eigenvalue weighted by atomic mass is 10.1. The van der Waals surface area contributed by atoms with E-state index in [2.05, 4.69) is 4.72 Å². The van der Waals surface area contributed by atoms with Crippen LogP contribution in [-0.2, 0) is 19.9 Å². The van der Waals surface area contributed by atoms with E-state index in [1.54, 1.807) is 6.92 Å². The van der Waals surface area contributed by atoms with Crippen molar-refractivity contribution in [3.8, 4) is 0 Å². The molecule has 0 fully saturated rings. The maximum absolute atomic E-state index is 13.2. The van der Waals surface area contributed by atoms with Crippen LogP contribution in [0.1, 0.15) is 18.5 Å². The first kappa shape index (κ1) is 18.5. The molecule has 0 saturated carbocycles. The number of benzene rings is 2. The van der Waals surface area contributed by atoms with E-state index < -0.39 is 42.4 Å². The predicted molar refractivity (Wildman–Crippen MR) is 84.6 cm³/mol. The monoisotopic (exact) mass is 375 g/mol. The van der Waals surface area contributed by atoms with E-state index in [1.807, 2.05) is 0 Å². The summed E-state index contributed by atoms with van der Waals surface area (Å²) < 4.78 is 75.7. The first-order valence-electron chi connectivity index (χ1n) is 6.78. The third-order valence-electron chi connectivity index (χ3n) is 3.34. The number of sulfone groups is 1. The average Bonchev–Trinajstić information content (AvgIpc) is 2.48. The molecule has 0 aliphatic heterocycles. The van der Waals surface area contributed by atoms with Crippen molar-refractivity contribution in [2.75, 3.05) is 6.26 Å². The average molecular weight is 375 g/mol. The Labute approximate surface area is 139 Å². The van der Waals surface area contributed by atoms with Gasteiger partial charge in [0.2, 0.25) is 10.0 Å². The van der Waals surface area contributed by atoms with Crippen molar-refractivity contribution in [1.82, 2.24) is 4.72 Å². The zero-order chi connectivity index (χ0) is 18.1. The normalized spacial score (nSPS) is 13.7. The molecule has 0 amide bonds. The Hall–Kier alpha value is -1.84. The topological polar surface area (TPSA) is 80.3 Å². The molecule has 0 unspecified atom stereocenters. The summed E-state index contributed by atoms with van der Waals surface area (Å²) in [6.45, 7) is 1.55. The Morgan fingerprint density at radius 2 is 1.42 bits per heavy atom. The zero-order valence-corrected chi connectivity index (χ0v) is 14.5. The molecule has 0 aliphatic carbocycles. The molecule has 0 radical (unpaired) electrons. The van der Waals surface area contributed by atoms with Crippen molar-refractivity contribution in [3.05, 3.63) is 59.7 Å². The van der Waals surface area contributed by atoms with Gasteiger partial charge in [-0.25, -0.2) is 30.3 Å². The lowest BCUT2D eigenvalue weighted by Crippen LogP contribution is -2.27. The molecule has 0 saturated heterocycles. The van der Waals surface area contributed by atoms with Crippen LogP contribution in [0.3, 0.4) is 0 Å². The zero-order valence-electron chi connectivity index (χ0n) is 12.8. The molecule has 0 aromatic heterocycles. The van der Waals surface area contributed by atoms with E-state index in [0.717, 1.165) is 18.4 Å². The van der Waals surface area contributed by atoms with Crippen molar-refractivity contribution in [2.45, 2.75) is 22.8 Å². The van der Waals surface area contributed by atoms with Crippen LogP contribution in [0.25, 0.3) is 0 Å². The van der Waals surface area contributed by atoms with E-state index in [1.165, 1.54) is 24.3 Å². The molecule has 0 bridgehead atoms. The summed E-state index contributed by atoms with van der Waals surface area (Å²) in [5.41, 5.74) is 0.522. The highest BCUT2D eigenvalue weighted by atomic mass is 32.2. The second-order valence-corrected chi connectivity index (χ2v) is 8.99. The van der Waals surface area contributed by atoms with Gasteiger partial charge in [-0.05, 0) is 42.8 Å². The summed E-state index contributed by atoms with van der Waals surface area (Å²) in [5.74, 6) is -2.40. The Morgan fingerprint density at radius 1 is 0.875 bits per heavy atom. The maximum Gasteiger partial charge on any atom is 0.241 e. The van der Waals surface area contributed by atoms with E-state index in [9.17, 15) is 25.6 Å². The number of halogens is 2. The van der Waals surface area contributed by atoms with Crippen LogP contribution in [0, 0.1) is 11.6 Å². The van der Waals surface area contributed by atoms with Gasteiger partial charge in [0.25, 0.3) is 0 Å². The minimum atomic E-state index is -4.06. The van der Waals surface area contributed by atoms with Gasteiger partial charge >= 0.3 is 0 Å². The lowest BCUT2D eigenvalue weighted by Gasteiger charge is -2.15. The fraction of sp³-hybridized carbons (Fsp3) is 0.200. The van der Waals surface area contributed by atoms with Gasteiger partial charge in [0.15, 0.2) is 21.5 Å². The number of nitrogens with one attached hydrogen (secondary N) is 1. The minimum Gasteiger partial charge on any atom is -0.224 e. The minimum absolute atomic E-state index is 0.113. The van der Waals surface area contributed by atoms with Gasteiger partial charge in [-0.3, -0.25) is 0 Å². The quantitative estimate of drug-likeness (QED) is 0.870. The standard InChI is InChI=1S/C15H15F2NO4S2/c1-10(11-3-5-12(6-4-11)23(2,19)20)18-24(21,22)13-7-8-14(16)15(17)9-13/h3-10,18H,1-2H3/t10-/m0/s1. The molecule has 9 heteroatoms. The highest BCUT2D eigenvalue weighted by molar-refractivity contribution is 7.90. The lowest BCUT2D eigenvalue weighted by molar-refractivity contribution is 0.503. The van der Waals surface area contributed by atoms with Crippen molar-refractivity contribution >= 4 is 19.9 Å². The van der Waals surface area contributed by atoms with Crippen LogP contribution >= 0.6 is 0 Å². The molecule has 1 N–H and O–H groups in total. The second-order valence-electron chi connectivity index (χ2n) is 5.26.